The van der Waals surface area contributed by atoms with Crippen molar-refractivity contribution in [2.24, 2.45) is 0 Å². The van der Waals surface area contributed by atoms with Crippen LogP contribution in [-0.2, 0) is 20.7 Å². The Labute approximate surface area is 383 Å². The fourth-order valence-electron chi connectivity index (χ4n) is 8.91. The molecule has 5 aromatic rings. The minimum absolute atomic E-state index is 0.00365. The maximum atomic E-state index is 15.1. The number of benzene rings is 3. The Morgan fingerprint density at radius 2 is 1.44 bits per heavy atom. The van der Waals surface area contributed by atoms with Crippen LogP contribution in [-0.4, -0.2) is 135 Å². The molecule has 3 saturated heterocycles. The smallest absolute Gasteiger partial charge is 0.412 e. The first-order valence-electron chi connectivity index (χ1n) is 22.7. The molecule has 0 aliphatic carbocycles. The standard InChI is InChI=1S/C50H57FN8O7/c1-32-8-7-9-34(26-32)35-29-43(53-49(64)66-50(2,3)4)45(52-30-35)48(63)58-20-16-37(17-21-58)65-36-14-18-56(19-15-36)31-44(60)57-22-24-59(25-23-57)47(62)40-27-33(12-13-41(40)51)28-42-38-10-5-6-11-39(38)46(61)55-54-42/h5-13,26-27,29-30,36-37H,14-25,28,31H2,1-4H3,(H,53,64)(H,55,61). The number of carbonyl (C=O) groups excluding carboxylic acids is 4. The monoisotopic (exact) mass is 900 g/mol. The number of pyridine rings is 1. The number of aromatic amines is 1. The van der Waals surface area contributed by atoms with Crippen LogP contribution in [0.25, 0.3) is 21.9 Å². The lowest BCUT2D eigenvalue weighted by Gasteiger charge is -2.38. The van der Waals surface area contributed by atoms with Gasteiger partial charge in [0.25, 0.3) is 17.4 Å². The highest BCUT2D eigenvalue weighted by atomic mass is 19.1. The molecule has 0 bridgehead atoms. The number of halogens is 1. The number of hydrogen-bond donors (Lipinski definition) is 2. The summed E-state index contributed by atoms with van der Waals surface area (Å²) < 4.78 is 27.1. The van der Waals surface area contributed by atoms with Gasteiger partial charge < -0.3 is 24.2 Å². The Morgan fingerprint density at radius 3 is 2.14 bits per heavy atom. The topological polar surface area (TPSA) is 170 Å². The summed E-state index contributed by atoms with van der Waals surface area (Å²) in [4.78, 5) is 77.8. The van der Waals surface area contributed by atoms with Crippen LogP contribution in [0.4, 0.5) is 14.9 Å². The van der Waals surface area contributed by atoms with E-state index >= 15 is 4.39 Å². The van der Waals surface area contributed by atoms with Crippen LogP contribution in [0.5, 0.6) is 0 Å². The van der Waals surface area contributed by atoms with Gasteiger partial charge in [-0.1, -0.05) is 54.1 Å². The number of H-pyrrole nitrogens is 1. The highest BCUT2D eigenvalue weighted by molar-refractivity contribution is 6.02. The summed E-state index contributed by atoms with van der Waals surface area (Å²) >= 11 is 0. The number of nitrogens with zero attached hydrogens (tertiary/aromatic N) is 6. The SMILES string of the molecule is Cc1cccc(-c2cnc(C(=O)N3CCC(OC4CCN(CC(=O)N5CCN(C(=O)c6cc(Cc7n[nH]c(=O)c8ccccc78)ccc6F)CC5)CC4)CC3)c(NC(=O)OC(C)(C)C)c2)c1. The highest BCUT2D eigenvalue weighted by Crippen LogP contribution is 2.29. The van der Waals surface area contributed by atoms with Crippen LogP contribution in [0, 0.1) is 12.7 Å². The highest BCUT2D eigenvalue weighted by Gasteiger charge is 2.32. The number of carbonyl (C=O) groups is 4. The fourth-order valence-corrected chi connectivity index (χ4v) is 8.91. The number of aryl methyl sites for hydroxylation is 1. The Hall–Kier alpha value is -6.52. The van der Waals surface area contributed by atoms with E-state index in [-0.39, 0.29) is 53.1 Å². The second-order valence-electron chi connectivity index (χ2n) is 18.4. The van der Waals surface area contributed by atoms with E-state index in [1.807, 2.05) is 43.3 Å². The van der Waals surface area contributed by atoms with Crippen LogP contribution in [0.2, 0.25) is 0 Å². The molecule has 3 aliphatic rings. The van der Waals surface area contributed by atoms with E-state index in [0.29, 0.717) is 93.7 Å². The summed E-state index contributed by atoms with van der Waals surface area (Å²) in [6.07, 6.45) is 4.23. The van der Waals surface area contributed by atoms with Crippen molar-refractivity contribution in [3.8, 4) is 11.1 Å². The zero-order valence-corrected chi connectivity index (χ0v) is 38.0. The van der Waals surface area contributed by atoms with Gasteiger partial charge in [0.15, 0.2) is 5.69 Å². The predicted molar refractivity (Wildman–Crippen MR) is 248 cm³/mol. The third kappa shape index (κ3) is 11.1. The summed E-state index contributed by atoms with van der Waals surface area (Å²) in [5, 5.41) is 10.7. The summed E-state index contributed by atoms with van der Waals surface area (Å²) in [5.41, 5.74) is 3.45. The first-order valence-corrected chi connectivity index (χ1v) is 22.7. The molecule has 0 radical (unpaired) electrons. The van der Waals surface area contributed by atoms with Gasteiger partial charge in [-0.05, 0) is 88.8 Å². The van der Waals surface area contributed by atoms with Crippen molar-refractivity contribution in [1.82, 2.24) is 34.8 Å². The zero-order chi connectivity index (χ0) is 46.5. The largest absolute Gasteiger partial charge is 0.444 e. The minimum Gasteiger partial charge on any atom is -0.444 e. The number of hydrogen-bond acceptors (Lipinski definition) is 10. The second-order valence-corrected chi connectivity index (χ2v) is 18.4. The summed E-state index contributed by atoms with van der Waals surface area (Å²) in [6, 6.07) is 21.3. The Balaban J connectivity index is 0.780. The number of likely N-dealkylation sites (tertiary alicyclic amines) is 2. The van der Waals surface area contributed by atoms with Crippen molar-refractivity contribution < 1.29 is 33.0 Å². The van der Waals surface area contributed by atoms with Gasteiger partial charge in [0.1, 0.15) is 11.4 Å². The quantitative estimate of drug-likeness (QED) is 0.159. The number of fused-ring (bicyclic) bond motifs is 1. The molecule has 2 N–H and O–H groups in total. The molecular weight excluding hydrogens is 844 g/mol. The average Bonchev–Trinajstić information content (AvgIpc) is 3.30. The fraction of sp³-hybridized carbons (Fsp3) is 0.420. The summed E-state index contributed by atoms with van der Waals surface area (Å²) in [6.45, 7) is 11.3. The van der Waals surface area contributed by atoms with Crippen LogP contribution in [0.1, 0.15) is 84.1 Å². The average molecular weight is 901 g/mol. The van der Waals surface area contributed by atoms with E-state index in [9.17, 15) is 24.0 Å². The predicted octanol–water partition coefficient (Wildman–Crippen LogP) is 6.44. The first kappa shape index (κ1) is 46.0. The first-order chi connectivity index (χ1) is 31.7. The molecule has 66 heavy (non-hydrogen) atoms. The molecule has 3 fully saturated rings. The van der Waals surface area contributed by atoms with E-state index in [1.165, 1.54) is 6.07 Å². The van der Waals surface area contributed by atoms with Crippen molar-refractivity contribution in [2.75, 3.05) is 64.2 Å². The summed E-state index contributed by atoms with van der Waals surface area (Å²) in [5.74, 6) is -1.32. The van der Waals surface area contributed by atoms with Crippen molar-refractivity contribution >= 4 is 40.3 Å². The van der Waals surface area contributed by atoms with Crippen LogP contribution < -0.4 is 10.9 Å². The number of piperidine rings is 2. The van der Waals surface area contributed by atoms with Crippen LogP contribution >= 0.6 is 0 Å². The lowest BCUT2D eigenvalue weighted by Crippen LogP contribution is -2.53. The third-order valence-corrected chi connectivity index (χ3v) is 12.4. The molecule has 0 unspecified atom stereocenters. The van der Waals surface area contributed by atoms with Crippen molar-refractivity contribution in [3.63, 3.8) is 0 Å². The van der Waals surface area contributed by atoms with Gasteiger partial charge >= 0.3 is 6.09 Å². The van der Waals surface area contributed by atoms with Gasteiger partial charge in [0.05, 0.1) is 41.1 Å². The maximum Gasteiger partial charge on any atom is 0.412 e. The lowest BCUT2D eigenvalue weighted by molar-refractivity contribution is -0.135. The molecule has 346 valence electrons. The zero-order valence-electron chi connectivity index (χ0n) is 38.0. The Morgan fingerprint density at radius 1 is 0.773 bits per heavy atom. The van der Waals surface area contributed by atoms with E-state index in [0.717, 1.165) is 29.5 Å². The number of nitrogens with one attached hydrogen (secondary N) is 2. The normalized spacial score (nSPS) is 16.7. The molecule has 2 aromatic heterocycles. The summed E-state index contributed by atoms with van der Waals surface area (Å²) in [7, 11) is 0. The molecular formula is C50H57FN8O7. The van der Waals surface area contributed by atoms with Crippen LogP contribution in [0.3, 0.4) is 0 Å². The molecule has 0 saturated carbocycles. The van der Waals surface area contributed by atoms with Gasteiger partial charge in [-0.2, -0.15) is 5.10 Å². The minimum atomic E-state index is -0.723. The van der Waals surface area contributed by atoms with Gasteiger partial charge in [-0.25, -0.2) is 19.3 Å². The third-order valence-electron chi connectivity index (χ3n) is 12.4. The molecule has 3 aromatic carbocycles. The number of ether oxygens (including phenoxy) is 2. The molecule has 4 amide bonds. The van der Waals surface area contributed by atoms with E-state index in [4.69, 9.17) is 9.47 Å². The molecule has 0 atom stereocenters. The Kier molecular flexibility index (Phi) is 13.9. The molecule has 16 heteroatoms. The molecule has 0 spiro atoms. The Bertz CT molecular complexity index is 2660. The van der Waals surface area contributed by atoms with Crippen molar-refractivity contribution in [2.45, 2.75) is 77.6 Å². The molecule has 8 rings (SSSR count). The van der Waals surface area contributed by atoms with E-state index < -0.39 is 23.4 Å². The second kappa shape index (κ2) is 19.9. The molecule has 15 nitrogen and oxygen atoms in total. The number of piperazine rings is 1. The lowest BCUT2D eigenvalue weighted by atomic mass is 10.0. The number of rotatable bonds is 10. The van der Waals surface area contributed by atoms with Gasteiger partial charge in [-0.15, -0.1) is 0 Å². The van der Waals surface area contributed by atoms with Gasteiger partial charge in [-0.3, -0.25) is 29.4 Å². The van der Waals surface area contributed by atoms with E-state index in [2.05, 4.69) is 25.4 Å². The number of amides is 4. The molecule has 3 aliphatic heterocycles. The van der Waals surface area contributed by atoms with E-state index in [1.54, 1.807) is 72.0 Å². The van der Waals surface area contributed by atoms with Gasteiger partial charge in [0, 0.05) is 75.9 Å². The van der Waals surface area contributed by atoms with Gasteiger partial charge in [0.2, 0.25) is 5.91 Å². The van der Waals surface area contributed by atoms with Crippen LogP contribution in [0.15, 0.2) is 83.8 Å². The van der Waals surface area contributed by atoms with Crippen molar-refractivity contribution in [3.05, 3.63) is 123 Å². The maximum absolute atomic E-state index is 15.1. The number of aromatic nitrogens is 3. The number of anilines is 1. The van der Waals surface area contributed by atoms with Crippen molar-refractivity contribution in [1.29, 1.82) is 0 Å². The molecule has 5 heterocycles.